The van der Waals surface area contributed by atoms with Crippen LogP contribution in [0.2, 0.25) is 5.02 Å². The van der Waals surface area contributed by atoms with E-state index in [2.05, 4.69) is 4.98 Å². The number of nitrogens with zero attached hydrogens (tertiary/aromatic N) is 2. The zero-order chi connectivity index (χ0) is 20.2. The first kappa shape index (κ1) is 23.1. The van der Waals surface area contributed by atoms with Crippen LogP contribution < -0.4 is 5.69 Å². The molecule has 0 atom stereocenters. The normalized spacial score (nSPS) is 10.6. The van der Waals surface area contributed by atoms with E-state index >= 15 is 0 Å². The smallest absolute Gasteiger partial charge is 0.406 e. The lowest BCUT2D eigenvalue weighted by Gasteiger charge is -2.14. The third-order valence-corrected chi connectivity index (χ3v) is 3.56. The molecule has 2 aromatic carbocycles. The molecule has 0 saturated heterocycles. The Labute approximate surface area is 161 Å². The maximum Gasteiger partial charge on any atom is 0.406 e. The van der Waals surface area contributed by atoms with Gasteiger partial charge < -0.3 is 5.11 Å². The molecule has 0 saturated carbocycles. The number of carboxylic acid groups (broad SMARTS) is 1. The van der Waals surface area contributed by atoms with Gasteiger partial charge in [-0.05, 0) is 18.2 Å². The Morgan fingerprint density at radius 3 is 2.29 bits per heavy atom. The number of hydrogen-bond acceptors (Lipinski definition) is 3. The molecule has 0 aliphatic rings. The number of alkyl halides is 3. The summed E-state index contributed by atoms with van der Waals surface area (Å²) >= 11 is 5.97. The highest BCUT2D eigenvalue weighted by molar-refractivity contribution is 6.31. The summed E-state index contributed by atoms with van der Waals surface area (Å²) in [5.41, 5.74) is 0.143. The second-order valence-electron chi connectivity index (χ2n) is 5.49. The number of carbonyl (C=O) groups is 1. The van der Waals surface area contributed by atoms with Gasteiger partial charge in [0.25, 0.3) is 5.97 Å². The number of aromatic nitrogens is 2. The van der Waals surface area contributed by atoms with Crippen LogP contribution in [0, 0.1) is 0 Å². The van der Waals surface area contributed by atoms with Crippen LogP contribution in [-0.2, 0) is 11.3 Å². The van der Waals surface area contributed by atoms with E-state index in [1.807, 2.05) is 0 Å². The van der Waals surface area contributed by atoms with Gasteiger partial charge in [-0.15, -0.1) is 0 Å². The lowest BCUT2D eigenvalue weighted by Crippen LogP contribution is -2.30. The molecule has 0 aliphatic heterocycles. The molecule has 150 valence electrons. The van der Waals surface area contributed by atoms with E-state index < -0.39 is 24.4 Å². The molecule has 0 unspecified atom stereocenters. The minimum absolute atomic E-state index is 0. The van der Waals surface area contributed by atoms with Gasteiger partial charge in [-0.25, -0.2) is 4.79 Å². The maximum atomic E-state index is 12.7. The Bertz CT molecular complexity index is 1020. The van der Waals surface area contributed by atoms with Gasteiger partial charge in [0, 0.05) is 22.9 Å². The van der Waals surface area contributed by atoms with Crippen LogP contribution >= 0.6 is 11.6 Å². The molecule has 0 aliphatic carbocycles. The van der Waals surface area contributed by atoms with E-state index in [1.165, 1.54) is 18.2 Å². The van der Waals surface area contributed by atoms with Crippen molar-refractivity contribution in [3.63, 3.8) is 0 Å². The monoisotopic (exact) mass is 418 g/mol. The standard InChI is InChI=1S/C16H10ClF3N2O.C2H4O2.FH/c17-11-6-7-13-12(8-11)14(10-4-2-1-3-5-10)21-15(23)22(13)9-16(18,19)20;1-2(3)4;/h1-8H,9H2;1H3,(H,3,4);1H. The van der Waals surface area contributed by atoms with Crippen LogP contribution in [0.1, 0.15) is 6.92 Å². The number of fused-ring (bicyclic) bond motifs is 1. The van der Waals surface area contributed by atoms with E-state index in [9.17, 15) is 18.0 Å². The summed E-state index contributed by atoms with van der Waals surface area (Å²) in [6.07, 6.45) is -4.52. The largest absolute Gasteiger partial charge is 0.481 e. The first-order valence-corrected chi connectivity index (χ1v) is 7.98. The average molecular weight is 419 g/mol. The molecule has 10 heteroatoms. The summed E-state index contributed by atoms with van der Waals surface area (Å²) in [5.74, 6) is -0.833. The van der Waals surface area contributed by atoms with E-state index in [-0.39, 0.29) is 10.2 Å². The minimum Gasteiger partial charge on any atom is -0.481 e. The highest BCUT2D eigenvalue weighted by Gasteiger charge is 2.30. The van der Waals surface area contributed by atoms with Crippen molar-refractivity contribution in [2.75, 3.05) is 0 Å². The van der Waals surface area contributed by atoms with Gasteiger partial charge in [-0.2, -0.15) is 18.2 Å². The van der Waals surface area contributed by atoms with Crippen LogP contribution in [0.25, 0.3) is 22.2 Å². The SMILES string of the molecule is CC(=O)O.F.O=c1nc(-c2ccccc2)c2cc(Cl)ccc2n1CC(F)(F)F. The van der Waals surface area contributed by atoms with Crippen LogP contribution in [-0.4, -0.2) is 26.8 Å². The number of halogens is 5. The fourth-order valence-corrected chi connectivity index (χ4v) is 2.57. The van der Waals surface area contributed by atoms with Crippen LogP contribution in [0.5, 0.6) is 0 Å². The van der Waals surface area contributed by atoms with Crippen molar-refractivity contribution >= 4 is 28.5 Å². The summed E-state index contributed by atoms with van der Waals surface area (Å²) in [7, 11) is 0. The molecule has 0 bridgehead atoms. The fraction of sp³-hybridized carbons (Fsp3) is 0.167. The Balaban J connectivity index is 0.000000717. The highest BCUT2D eigenvalue weighted by atomic mass is 35.5. The Morgan fingerprint density at radius 1 is 1.18 bits per heavy atom. The molecule has 5 nitrogen and oxygen atoms in total. The zero-order valence-electron chi connectivity index (χ0n) is 14.4. The predicted molar refractivity (Wildman–Crippen MR) is 98.3 cm³/mol. The summed E-state index contributed by atoms with van der Waals surface area (Å²) < 4.78 is 38.8. The molecule has 0 radical (unpaired) electrons. The summed E-state index contributed by atoms with van der Waals surface area (Å²) in [6, 6.07) is 13.1. The van der Waals surface area contributed by atoms with E-state index in [4.69, 9.17) is 21.5 Å². The van der Waals surface area contributed by atoms with Gasteiger partial charge in [0.05, 0.1) is 11.2 Å². The first-order chi connectivity index (χ1) is 12.6. The maximum absolute atomic E-state index is 12.7. The summed E-state index contributed by atoms with van der Waals surface area (Å²) in [5, 5.41) is 8.17. The Kier molecular flexibility index (Phi) is 7.69. The molecule has 28 heavy (non-hydrogen) atoms. The topological polar surface area (TPSA) is 72.2 Å². The number of rotatable bonds is 2. The van der Waals surface area contributed by atoms with Gasteiger partial charge in [0.1, 0.15) is 6.54 Å². The molecule has 3 rings (SSSR count). The third-order valence-electron chi connectivity index (χ3n) is 3.33. The third kappa shape index (κ3) is 6.05. The highest BCUT2D eigenvalue weighted by Crippen LogP contribution is 2.29. The second kappa shape index (κ2) is 9.32. The molecular weight excluding hydrogens is 404 g/mol. The summed E-state index contributed by atoms with van der Waals surface area (Å²) in [6.45, 7) is -0.313. The van der Waals surface area contributed by atoms with Crippen molar-refractivity contribution in [2.45, 2.75) is 19.6 Å². The van der Waals surface area contributed by atoms with Crippen molar-refractivity contribution in [2.24, 2.45) is 0 Å². The van der Waals surface area contributed by atoms with E-state index in [0.29, 0.717) is 26.2 Å². The van der Waals surface area contributed by atoms with Crippen LogP contribution in [0.15, 0.2) is 53.3 Å². The van der Waals surface area contributed by atoms with Crippen molar-refractivity contribution in [3.05, 3.63) is 64.0 Å². The molecule has 0 spiro atoms. The number of hydrogen-bond donors (Lipinski definition) is 1. The van der Waals surface area contributed by atoms with Gasteiger partial charge in [-0.3, -0.25) is 14.1 Å². The zero-order valence-corrected chi connectivity index (χ0v) is 15.2. The fourth-order valence-electron chi connectivity index (χ4n) is 2.40. The van der Waals surface area contributed by atoms with Gasteiger partial charge in [-0.1, -0.05) is 41.9 Å². The van der Waals surface area contributed by atoms with Crippen LogP contribution in [0.3, 0.4) is 0 Å². The van der Waals surface area contributed by atoms with Crippen LogP contribution in [0.4, 0.5) is 17.9 Å². The number of aliphatic carboxylic acids is 1. The molecule has 3 aromatic rings. The van der Waals surface area contributed by atoms with E-state index in [0.717, 1.165) is 6.92 Å². The Morgan fingerprint density at radius 2 is 1.75 bits per heavy atom. The van der Waals surface area contributed by atoms with Crippen molar-refractivity contribution in [1.29, 1.82) is 0 Å². The molecular formula is C18H15ClF4N2O3. The van der Waals surface area contributed by atoms with Gasteiger partial charge in [0.15, 0.2) is 0 Å². The first-order valence-electron chi connectivity index (χ1n) is 7.60. The molecule has 1 heterocycles. The average Bonchev–Trinajstić information content (AvgIpc) is 2.56. The quantitative estimate of drug-likeness (QED) is 0.621. The van der Waals surface area contributed by atoms with Gasteiger partial charge >= 0.3 is 11.9 Å². The van der Waals surface area contributed by atoms with Crippen molar-refractivity contribution < 1.29 is 27.8 Å². The minimum atomic E-state index is -4.52. The van der Waals surface area contributed by atoms with Crippen molar-refractivity contribution in [3.8, 4) is 11.3 Å². The van der Waals surface area contributed by atoms with Gasteiger partial charge in [0.2, 0.25) is 0 Å². The predicted octanol–water partition coefficient (Wildman–Crippen LogP) is 4.52. The molecule has 1 N–H and O–H groups in total. The lowest BCUT2D eigenvalue weighted by atomic mass is 10.1. The molecule has 0 fully saturated rings. The molecule has 0 amide bonds. The van der Waals surface area contributed by atoms with E-state index in [1.54, 1.807) is 30.3 Å². The summed E-state index contributed by atoms with van der Waals surface area (Å²) in [4.78, 5) is 25.0. The molecule has 1 aromatic heterocycles. The Hall–Kier alpha value is -2.94. The van der Waals surface area contributed by atoms with Crippen molar-refractivity contribution in [1.82, 2.24) is 9.55 Å². The second-order valence-corrected chi connectivity index (χ2v) is 5.93. The number of benzene rings is 2. The number of carboxylic acids is 1. The lowest BCUT2D eigenvalue weighted by molar-refractivity contribution is -0.140.